The Kier molecular flexibility index (Phi) is 5.32. The molecule has 3 nitrogen and oxygen atoms in total. The predicted molar refractivity (Wildman–Crippen MR) is 96.5 cm³/mol. The SMILES string of the molecule is C=CC1(C)CCC(C2(C)CCCC(C)(C)C2CC(=O)OC)C(=O)C1. The van der Waals surface area contributed by atoms with Gasteiger partial charge in [0.15, 0.2) is 0 Å². The highest BCUT2D eigenvalue weighted by atomic mass is 16.5. The van der Waals surface area contributed by atoms with Crippen molar-refractivity contribution < 1.29 is 14.3 Å². The first kappa shape index (κ1) is 19.2. The molecular weight excluding hydrogens is 300 g/mol. The van der Waals surface area contributed by atoms with Crippen molar-refractivity contribution in [1.82, 2.24) is 0 Å². The van der Waals surface area contributed by atoms with Crippen LogP contribution in [0.25, 0.3) is 0 Å². The summed E-state index contributed by atoms with van der Waals surface area (Å²) < 4.78 is 4.97. The van der Waals surface area contributed by atoms with Crippen molar-refractivity contribution in [2.75, 3.05) is 7.11 Å². The predicted octanol–water partition coefficient (Wildman–Crippen LogP) is 4.94. The number of esters is 1. The van der Waals surface area contributed by atoms with Gasteiger partial charge < -0.3 is 4.74 Å². The van der Waals surface area contributed by atoms with Crippen molar-refractivity contribution in [3.8, 4) is 0 Å². The summed E-state index contributed by atoms with van der Waals surface area (Å²) >= 11 is 0. The van der Waals surface area contributed by atoms with Crippen LogP contribution in [0, 0.1) is 28.1 Å². The van der Waals surface area contributed by atoms with Crippen LogP contribution in [0.3, 0.4) is 0 Å². The molecule has 24 heavy (non-hydrogen) atoms. The molecule has 136 valence electrons. The lowest BCUT2D eigenvalue weighted by atomic mass is 9.48. The first-order chi connectivity index (χ1) is 11.1. The summed E-state index contributed by atoms with van der Waals surface area (Å²) in [7, 11) is 1.46. The van der Waals surface area contributed by atoms with Crippen molar-refractivity contribution in [2.45, 2.75) is 72.6 Å². The number of rotatable bonds is 4. The van der Waals surface area contributed by atoms with Crippen LogP contribution in [0.4, 0.5) is 0 Å². The van der Waals surface area contributed by atoms with Gasteiger partial charge >= 0.3 is 5.97 Å². The zero-order valence-corrected chi connectivity index (χ0v) is 16.1. The highest BCUT2D eigenvalue weighted by Crippen LogP contribution is 2.59. The molecule has 2 rings (SSSR count). The topological polar surface area (TPSA) is 43.4 Å². The van der Waals surface area contributed by atoms with E-state index < -0.39 is 0 Å². The van der Waals surface area contributed by atoms with Gasteiger partial charge in [-0.1, -0.05) is 40.2 Å². The van der Waals surface area contributed by atoms with E-state index in [0.717, 1.165) is 32.1 Å². The quantitative estimate of drug-likeness (QED) is 0.540. The molecule has 0 aromatic carbocycles. The van der Waals surface area contributed by atoms with E-state index in [2.05, 4.69) is 34.3 Å². The minimum Gasteiger partial charge on any atom is -0.469 e. The number of carbonyl (C=O) groups excluding carboxylic acids is 2. The van der Waals surface area contributed by atoms with Crippen molar-refractivity contribution in [1.29, 1.82) is 0 Å². The lowest BCUT2D eigenvalue weighted by molar-refractivity contribution is -0.153. The number of Topliss-reactive ketones (excluding diaryl/α,β-unsaturated/α-hetero) is 1. The van der Waals surface area contributed by atoms with E-state index in [4.69, 9.17) is 4.74 Å². The standard InChI is InChI=1S/C21H34O3/c1-7-20(4)12-9-15(16(22)14-20)21(5)11-8-10-19(2,3)17(21)13-18(23)24-6/h7,15,17H,1,8-14H2,2-6H3. The summed E-state index contributed by atoms with van der Waals surface area (Å²) in [6.07, 6.45) is 8.13. The highest BCUT2D eigenvalue weighted by Gasteiger charge is 2.54. The summed E-state index contributed by atoms with van der Waals surface area (Å²) in [5.74, 6) is 0.451. The molecular formula is C21H34O3. The molecule has 0 N–H and O–H groups in total. The lowest BCUT2D eigenvalue weighted by Crippen LogP contribution is -2.51. The number of allylic oxidation sites excluding steroid dienone is 1. The molecule has 0 aromatic rings. The summed E-state index contributed by atoms with van der Waals surface area (Å²) in [5.41, 5.74) is -0.123. The monoisotopic (exact) mass is 334 g/mol. The average Bonchev–Trinajstić information content (AvgIpc) is 2.50. The third kappa shape index (κ3) is 3.45. The number of methoxy groups -OCH3 is 1. The number of hydrogen-bond donors (Lipinski definition) is 0. The van der Waals surface area contributed by atoms with E-state index in [1.54, 1.807) is 0 Å². The Balaban J connectivity index is 2.31. The molecule has 2 saturated carbocycles. The molecule has 0 saturated heterocycles. The van der Waals surface area contributed by atoms with E-state index in [9.17, 15) is 9.59 Å². The molecule has 0 spiro atoms. The molecule has 0 amide bonds. The third-order valence-corrected chi connectivity index (χ3v) is 7.13. The van der Waals surface area contributed by atoms with Crippen molar-refractivity contribution >= 4 is 11.8 Å². The molecule has 0 heterocycles. The molecule has 4 atom stereocenters. The molecule has 0 aromatic heterocycles. The number of ether oxygens (including phenoxy) is 1. The Hall–Kier alpha value is -1.12. The van der Waals surface area contributed by atoms with Crippen LogP contribution in [0.2, 0.25) is 0 Å². The van der Waals surface area contributed by atoms with Gasteiger partial charge in [0, 0.05) is 18.8 Å². The van der Waals surface area contributed by atoms with Gasteiger partial charge in [-0.3, -0.25) is 9.59 Å². The van der Waals surface area contributed by atoms with Crippen molar-refractivity contribution in [2.24, 2.45) is 28.1 Å². The van der Waals surface area contributed by atoms with Gasteiger partial charge in [-0.15, -0.1) is 6.58 Å². The van der Waals surface area contributed by atoms with Gasteiger partial charge in [0.1, 0.15) is 5.78 Å². The largest absolute Gasteiger partial charge is 0.469 e. The van der Waals surface area contributed by atoms with E-state index in [1.165, 1.54) is 7.11 Å². The van der Waals surface area contributed by atoms with E-state index in [1.807, 2.05) is 6.08 Å². The molecule has 2 fully saturated rings. The maximum Gasteiger partial charge on any atom is 0.305 e. The van der Waals surface area contributed by atoms with Crippen LogP contribution in [0.1, 0.15) is 72.6 Å². The van der Waals surface area contributed by atoms with Gasteiger partial charge in [-0.25, -0.2) is 0 Å². The minimum atomic E-state index is -0.152. The Morgan fingerprint density at radius 3 is 2.46 bits per heavy atom. The van der Waals surface area contributed by atoms with Crippen LogP contribution < -0.4 is 0 Å². The average molecular weight is 335 g/mol. The normalized spacial score (nSPS) is 39.3. The maximum absolute atomic E-state index is 13.0. The van der Waals surface area contributed by atoms with E-state index in [0.29, 0.717) is 18.6 Å². The fraction of sp³-hybridized carbons (Fsp3) is 0.810. The molecule has 4 unspecified atom stereocenters. The number of ketones is 1. The Bertz CT molecular complexity index is 521. The Morgan fingerprint density at radius 2 is 1.92 bits per heavy atom. The van der Waals surface area contributed by atoms with E-state index in [-0.39, 0.29) is 34.1 Å². The van der Waals surface area contributed by atoms with Crippen LogP contribution in [-0.4, -0.2) is 18.9 Å². The smallest absolute Gasteiger partial charge is 0.305 e. The summed E-state index contributed by atoms with van der Waals surface area (Å²) in [6.45, 7) is 12.8. The van der Waals surface area contributed by atoms with Crippen LogP contribution in [-0.2, 0) is 14.3 Å². The first-order valence-corrected chi connectivity index (χ1v) is 9.31. The molecule has 2 aliphatic rings. The van der Waals surface area contributed by atoms with Gasteiger partial charge in [0.2, 0.25) is 0 Å². The first-order valence-electron chi connectivity index (χ1n) is 9.31. The zero-order valence-electron chi connectivity index (χ0n) is 16.1. The fourth-order valence-electron chi connectivity index (χ4n) is 5.46. The second-order valence-corrected chi connectivity index (χ2v) is 9.27. The number of hydrogen-bond acceptors (Lipinski definition) is 3. The second-order valence-electron chi connectivity index (χ2n) is 9.27. The van der Waals surface area contributed by atoms with Crippen LogP contribution >= 0.6 is 0 Å². The highest BCUT2D eigenvalue weighted by molar-refractivity contribution is 5.83. The molecule has 0 aliphatic heterocycles. The summed E-state index contributed by atoms with van der Waals surface area (Å²) in [5, 5.41) is 0. The maximum atomic E-state index is 13.0. The third-order valence-electron chi connectivity index (χ3n) is 7.13. The van der Waals surface area contributed by atoms with Gasteiger partial charge in [0.25, 0.3) is 0 Å². The Morgan fingerprint density at radius 1 is 1.25 bits per heavy atom. The van der Waals surface area contributed by atoms with E-state index >= 15 is 0 Å². The van der Waals surface area contributed by atoms with Crippen LogP contribution in [0.15, 0.2) is 12.7 Å². The number of carbonyl (C=O) groups is 2. The molecule has 2 aliphatic carbocycles. The Labute approximate surface area is 147 Å². The van der Waals surface area contributed by atoms with Crippen LogP contribution in [0.5, 0.6) is 0 Å². The van der Waals surface area contributed by atoms with Gasteiger partial charge in [-0.2, -0.15) is 0 Å². The van der Waals surface area contributed by atoms with Gasteiger partial charge in [-0.05, 0) is 47.8 Å². The summed E-state index contributed by atoms with van der Waals surface area (Å²) in [4.78, 5) is 25.1. The zero-order chi connectivity index (χ0) is 18.2. The molecule has 0 radical (unpaired) electrons. The fourth-order valence-corrected chi connectivity index (χ4v) is 5.46. The minimum absolute atomic E-state index is 0.0553. The van der Waals surface area contributed by atoms with Crippen molar-refractivity contribution in [3.63, 3.8) is 0 Å². The molecule has 0 bridgehead atoms. The second kappa shape index (κ2) is 6.65. The lowest BCUT2D eigenvalue weighted by Gasteiger charge is -2.55. The summed E-state index contributed by atoms with van der Waals surface area (Å²) in [6, 6.07) is 0. The van der Waals surface area contributed by atoms with Gasteiger partial charge in [0.05, 0.1) is 7.11 Å². The molecule has 3 heteroatoms. The van der Waals surface area contributed by atoms with Crippen molar-refractivity contribution in [3.05, 3.63) is 12.7 Å².